The van der Waals surface area contributed by atoms with E-state index in [0.29, 0.717) is 95.2 Å². The molecule has 34 heteroatoms. The number of nitrogens with zero attached hydrogens (tertiary/aromatic N) is 19. The Balaban J connectivity index is 0.000000138. The first-order valence-electron chi connectivity index (χ1n) is 44.7. The molecule has 32 nitrogen and oxygen atoms in total. The summed E-state index contributed by atoms with van der Waals surface area (Å²) in [5.41, 5.74) is 9.38. The molecular formula is C94H116FN25O7S. The van der Waals surface area contributed by atoms with Crippen LogP contribution in [0.25, 0.3) is 0 Å². The number of carbonyl (C=O) groups is 5. The van der Waals surface area contributed by atoms with Gasteiger partial charge in [0.25, 0.3) is 15.9 Å². The van der Waals surface area contributed by atoms with Gasteiger partial charge in [0, 0.05) is 201 Å². The van der Waals surface area contributed by atoms with Crippen LogP contribution in [-0.2, 0) is 54.9 Å². The van der Waals surface area contributed by atoms with E-state index in [2.05, 4.69) is 194 Å². The van der Waals surface area contributed by atoms with Crippen LogP contribution in [0.4, 0.5) is 97.1 Å². The zero-order chi connectivity index (χ0) is 90.1. The SMILES string of the molecule is CCC(CC)N1C(=O)Cc2cnc(Nc3ccc(N4CCC(N5CCN(C)CC5)CC4)cc3)nc21.CCC(CC)N1C(=O)Cc2cnc(Nc3ccc(N4CCN(C)CC4)c(F)c3)nc21.CCC(CC)N1C(=O)Cc2cnc(Nc3ccc(S(=O)(=O)Nc4ccccn4)cc3)nc21.CCC(CC)N1C(=O)Cc2cnc(Nc3cccc(NC(=O)c4ccncc4)c3)nc21. The highest BCUT2D eigenvalue weighted by Crippen LogP contribution is 2.38. The summed E-state index contributed by atoms with van der Waals surface area (Å²) >= 11 is 0. The van der Waals surface area contributed by atoms with Crippen molar-refractivity contribution >= 4 is 132 Å². The Morgan fingerprint density at radius 2 is 0.820 bits per heavy atom. The molecule has 5 amide bonds. The van der Waals surface area contributed by atoms with Crippen LogP contribution >= 0.6 is 0 Å². The fourth-order valence-corrected chi connectivity index (χ4v) is 18.3. The zero-order valence-corrected chi connectivity index (χ0v) is 75.4. The number of hydrogen-bond acceptors (Lipinski definition) is 26. The van der Waals surface area contributed by atoms with Crippen molar-refractivity contribution in [3.05, 3.63) is 198 Å². The molecule has 6 aromatic heterocycles. The van der Waals surface area contributed by atoms with E-state index in [0.717, 1.165) is 136 Å². The number of rotatable bonds is 28. The van der Waals surface area contributed by atoms with Gasteiger partial charge in [0.15, 0.2) is 0 Å². The molecule has 3 fully saturated rings. The lowest BCUT2D eigenvalue weighted by atomic mass is 10.0. The topological polar surface area (TPSA) is 350 Å². The maximum Gasteiger partial charge on any atom is 0.263 e. The van der Waals surface area contributed by atoms with E-state index in [9.17, 15) is 36.8 Å². The van der Waals surface area contributed by atoms with Gasteiger partial charge in [0.1, 0.15) is 34.9 Å². The number of carbonyl (C=O) groups excluding carboxylic acids is 5. The van der Waals surface area contributed by atoms with Gasteiger partial charge in [-0.2, -0.15) is 19.9 Å². The summed E-state index contributed by atoms with van der Waals surface area (Å²) < 4.78 is 42.3. The molecule has 7 aliphatic rings. The van der Waals surface area contributed by atoms with E-state index >= 15 is 0 Å². The van der Waals surface area contributed by atoms with Crippen molar-refractivity contribution in [3.8, 4) is 0 Å². The molecule has 17 rings (SSSR count). The van der Waals surface area contributed by atoms with Crippen LogP contribution in [0.3, 0.4) is 0 Å². The van der Waals surface area contributed by atoms with Gasteiger partial charge in [-0.05, 0) is 187 Å². The lowest BCUT2D eigenvalue weighted by Crippen LogP contribution is -2.52. The van der Waals surface area contributed by atoms with E-state index in [4.69, 9.17) is 4.98 Å². The van der Waals surface area contributed by atoms with Gasteiger partial charge in [0.2, 0.25) is 47.4 Å². The monoisotopic (exact) mass is 1760 g/mol. The van der Waals surface area contributed by atoms with E-state index in [-0.39, 0.29) is 70.2 Å². The average molecular weight is 1760 g/mol. The first kappa shape index (κ1) is 91.4. The molecule has 0 unspecified atom stereocenters. The number of piperazine rings is 2. The van der Waals surface area contributed by atoms with Gasteiger partial charge in [-0.15, -0.1) is 0 Å². The van der Waals surface area contributed by atoms with Crippen LogP contribution in [0.5, 0.6) is 0 Å². The molecule has 6 N–H and O–H groups in total. The van der Waals surface area contributed by atoms with E-state index in [1.54, 1.807) is 113 Å². The number of likely N-dealkylation sites (N-methyl/N-ethyl adjacent to an activating group) is 2. The van der Waals surface area contributed by atoms with Gasteiger partial charge in [-0.3, -0.25) is 58.2 Å². The molecule has 3 saturated heterocycles. The number of halogens is 1. The molecule has 4 aromatic carbocycles. The van der Waals surface area contributed by atoms with Gasteiger partial charge < -0.3 is 46.2 Å². The van der Waals surface area contributed by atoms with Gasteiger partial charge >= 0.3 is 0 Å². The Morgan fingerprint density at radius 3 is 1.23 bits per heavy atom. The summed E-state index contributed by atoms with van der Waals surface area (Å²) in [5.74, 6) is 4.46. The Morgan fingerprint density at radius 1 is 0.422 bits per heavy atom. The number of aromatic nitrogens is 10. The predicted molar refractivity (Wildman–Crippen MR) is 500 cm³/mol. The number of hydrogen-bond donors (Lipinski definition) is 6. The molecule has 7 aliphatic heterocycles. The molecule has 672 valence electrons. The number of pyridine rings is 2. The first-order chi connectivity index (χ1) is 62.0. The number of sulfonamides is 1. The Kier molecular flexibility index (Phi) is 30.2. The number of nitrogens with one attached hydrogen (secondary N) is 6. The van der Waals surface area contributed by atoms with Crippen LogP contribution in [-0.4, -0.2) is 212 Å². The van der Waals surface area contributed by atoms with E-state index < -0.39 is 10.0 Å². The average Bonchev–Trinajstić information content (AvgIpc) is 1.64. The molecule has 10 aromatic rings. The highest BCUT2D eigenvalue weighted by Gasteiger charge is 2.39. The van der Waals surface area contributed by atoms with Gasteiger partial charge in [0.05, 0.1) is 36.3 Å². The number of amides is 5. The number of benzene rings is 4. The second kappa shape index (κ2) is 42.2. The zero-order valence-electron chi connectivity index (χ0n) is 74.6. The van der Waals surface area contributed by atoms with E-state index in [1.165, 1.54) is 69.1 Å². The lowest BCUT2D eigenvalue weighted by Gasteiger charge is -2.42. The molecular weight excluding hydrogens is 1640 g/mol. The third kappa shape index (κ3) is 21.9. The molecule has 128 heavy (non-hydrogen) atoms. The van der Waals surface area contributed by atoms with Crippen LogP contribution in [0.15, 0.2) is 170 Å². The van der Waals surface area contributed by atoms with Crippen molar-refractivity contribution < 1.29 is 36.8 Å². The van der Waals surface area contributed by atoms with Crippen molar-refractivity contribution in [2.45, 2.75) is 180 Å². The Bertz CT molecular complexity index is 5620. The second-order valence-corrected chi connectivity index (χ2v) is 34.7. The van der Waals surface area contributed by atoms with E-state index in [1.807, 2.05) is 23.1 Å². The summed E-state index contributed by atoms with van der Waals surface area (Å²) in [6.45, 7) is 27.1. The highest BCUT2D eigenvalue weighted by atomic mass is 32.2. The van der Waals surface area contributed by atoms with Gasteiger partial charge in [-0.25, -0.2) is 37.7 Å². The van der Waals surface area contributed by atoms with Crippen molar-refractivity contribution in [1.82, 2.24) is 64.5 Å². The summed E-state index contributed by atoms with van der Waals surface area (Å²) in [6.07, 6.45) is 22.4. The summed E-state index contributed by atoms with van der Waals surface area (Å²) in [5, 5.41) is 15.6. The van der Waals surface area contributed by atoms with Crippen LogP contribution in [0.1, 0.15) is 152 Å². The smallest absolute Gasteiger partial charge is 0.263 e. The molecule has 0 aliphatic carbocycles. The van der Waals surface area contributed by atoms with Crippen LogP contribution < -0.4 is 60.7 Å². The normalized spacial score (nSPS) is 15.9. The third-order valence-electron chi connectivity index (χ3n) is 24.7. The largest absolute Gasteiger partial charge is 0.371 e. The molecule has 0 atom stereocenters. The highest BCUT2D eigenvalue weighted by molar-refractivity contribution is 7.92. The third-order valence-corrected chi connectivity index (χ3v) is 26.0. The summed E-state index contributed by atoms with van der Waals surface area (Å²) in [4.78, 5) is 126. The first-order valence-corrected chi connectivity index (χ1v) is 46.2. The minimum absolute atomic E-state index is 0.0371. The maximum atomic E-state index is 14.8. The van der Waals surface area contributed by atoms with Crippen molar-refractivity contribution in [3.63, 3.8) is 0 Å². The maximum absolute atomic E-state index is 14.8. The Hall–Kier alpha value is -12.8. The quantitative estimate of drug-likeness (QED) is 0.0265. The standard InChI is InChI=1S/C27H39N7O.C23H24N6O2.C22H29FN6O.C22H24N6O3S/c1-4-22(5-2)34-25(35)18-20-19-28-27(30-26(20)34)29-21-6-8-23(9-7-21)32-12-10-24(11-13-32)33-16-14-31(3)15-17-33;1-3-19(4-2)29-20(30)12-16-14-25-23(28-21(16)29)27-18-7-5-6-17(13-18)26-22(31)15-8-10-24-11-9-15;1-4-17(5-2)29-20(30)12-15-14-24-22(26-21(15)29)25-16-6-7-19(18(23)13-16)28-10-8-27(3)9-11-28;1-3-17(4-2)28-20(29)13-15-14-24-22(26-21(15)28)25-16-8-10-18(11-9-16)32(30,31)27-19-7-5-6-12-23-19/h6-9,19,22,24H,4-5,10-18H2,1-3H3,(H,28,29,30);5-11,13-14,19H,3-4,12H2,1-2H3,(H,26,31)(H,25,27,28);6-7,13-14,17H,4-5,8-12H2,1-3H3,(H,24,25,26);5-12,14,17H,3-4,13H2,1-2H3,(H,23,27)(H,24,25,26). The van der Waals surface area contributed by atoms with Crippen LogP contribution in [0, 0.1) is 5.82 Å². The molecule has 0 spiro atoms. The van der Waals surface area contributed by atoms with Crippen molar-refractivity contribution in [2.75, 3.05) is 140 Å². The minimum Gasteiger partial charge on any atom is -0.371 e. The summed E-state index contributed by atoms with van der Waals surface area (Å²) in [7, 11) is 0.544. The van der Waals surface area contributed by atoms with Crippen molar-refractivity contribution in [1.29, 1.82) is 0 Å². The second-order valence-electron chi connectivity index (χ2n) is 33.0. The minimum atomic E-state index is -3.76. The fourth-order valence-electron chi connectivity index (χ4n) is 17.3. The lowest BCUT2D eigenvalue weighted by molar-refractivity contribution is -0.118. The Labute approximate surface area is 748 Å². The number of fused-ring (bicyclic) bond motifs is 4. The molecule has 0 radical (unpaired) electrons. The number of anilines is 16. The van der Waals surface area contributed by atoms with Crippen LogP contribution in [0.2, 0.25) is 0 Å². The summed E-state index contributed by atoms with van der Waals surface area (Å²) in [6, 6.07) is 36.8. The number of piperidine rings is 1. The molecule has 13 heterocycles. The van der Waals surface area contributed by atoms with Gasteiger partial charge in [-0.1, -0.05) is 67.5 Å². The molecule has 0 bridgehead atoms. The molecule has 0 saturated carbocycles. The van der Waals surface area contributed by atoms with Crippen molar-refractivity contribution in [2.24, 2.45) is 0 Å². The predicted octanol–water partition coefficient (Wildman–Crippen LogP) is 14.1. The fraction of sp³-hybridized carbons (Fsp3) is 0.415.